The first-order valence-electron chi connectivity index (χ1n) is 11.3. The third kappa shape index (κ3) is 7.93. The Kier molecular flexibility index (Phi) is 11.2. The fourth-order valence-electron chi connectivity index (χ4n) is 3.45. The van der Waals surface area contributed by atoms with Crippen molar-refractivity contribution in [2.75, 3.05) is 19.6 Å². The van der Waals surface area contributed by atoms with Crippen LogP contribution in [0.15, 0.2) is 41.5 Å². The van der Waals surface area contributed by atoms with E-state index in [1.54, 1.807) is 0 Å². The van der Waals surface area contributed by atoms with Gasteiger partial charge in [0.2, 0.25) is 0 Å². The summed E-state index contributed by atoms with van der Waals surface area (Å²) in [5.41, 5.74) is 2.16. The summed E-state index contributed by atoms with van der Waals surface area (Å²) in [5, 5.41) is 23.1. The number of hydrogen-bond acceptors (Lipinski definition) is 5. The van der Waals surface area contributed by atoms with E-state index in [9.17, 15) is 10.4 Å². The van der Waals surface area contributed by atoms with Crippen molar-refractivity contribution in [3.63, 3.8) is 0 Å². The standard InChI is InChI=1S/C25H35N3OS/c1-3-5-7-12-16-28(17-13-8-6-4-2)19-24(29)22(18-26)25-27-23(20-30-25)21-14-10-9-11-15-21/h9-11,14-15,20,29H,3-8,12-13,16-17,19H2,1-2H3/b24-22-. The second-order valence-corrected chi connectivity index (χ2v) is 8.59. The van der Waals surface area contributed by atoms with Gasteiger partial charge in [0.15, 0.2) is 0 Å². The third-order valence-corrected chi connectivity index (χ3v) is 6.08. The average Bonchev–Trinajstić information content (AvgIpc) is 3.25. The summed E-state index contributed by atoms with van der Waals surface area (Å²) in [6.07, 6.45) is 9.61. The molecule has 0 radical (unpaired) electrons. The largest absolute Gasteiger partial charge is 0.509 e. The van der Waals surface area contributed by atoms with E-state index in [0.29, 0.717) is 17.1 Å². The van der Waals surface area contributed by atoms with Crippen molar-refractivity contribution < 1.29 is 5.11 Å². The van der Waals surface area contributed by atoms with Gasteiger partial charge in [-0.2, -0.15) is 5.26 Å². The number of aliphatic hydroxyl groups excluding tert-OH is 1. The number of nitrogens with zero attached hydrogens (tertiary/aromatic N) is 3. The first-order chi connectivity index (χ1) is 14.7. The monoisotopic (exact) mass is 425 g/mol. The van der Waals surface area contributed by atoms with Gasteiger partial charge in [0.25, 0.3) is 0 Å². The maximum Gasteiger partial charge on any atom is 0.138 e. The number of hydrogen-bond donors (Lipinski definition) is 1. The van der Waals surface area contributed by atoms with Gasteiger partial charge in [-0.3, -0.25) is 4.90 Å². The number of aliphatic hydroxyl groups is 1. The Morgan fingerprint density at radius 2 is 1.63 bits per heavy atom. The van der Waals surface area contributed by atoms with E-state index in [2.05, 4.69) is 29.8 Å². The summed E-state index contributed by atoms with van der Waals surface area (Å²) >= 11 is 1.41. The molecule has 0 atom stereocenters. The number of allylic oxidation sites excluding steroid dienone is 1. The smallest absolute Gasteiger partial charge is 0.138 e. The van der Waals surface area contributed by atoms with Gasteiger partial charge >= 0.3 is 0 Å². The molecular weight excluding hydrogens is 390 g/mol. The predicted molar refractivity (Wildman–Crippen MR) is 127 cm³/mol. The van der Waals surface area contributed by atoms with E-state index < -0.39 is 0 Å². The van der Waals surface area contributed by atoms with E-state index in [-0.39, 0.29) is 5.76 Å². The lowest BCUT2D eigenvalue weighted by Crippen LogP contribution is -2.28. The van der Waals surface area contributed by atoms with Gasteiger partial charge in [0.1, 0.15) is 22.4 Å². The third-order valence-electron chi connectivity index (χ3n) is 5.22. The van der Waals surface area contributed by atoms with Crippen LogP contribution >= 0.6 is 11.3 Å². The highest BCUT2D eigenvalue weighted by atomic mass is 32.1. The molecule has 1 aromatic heterocycles. The van der Waals surface area contributed by atoms with Crippen molar-refractivity contribution in [2.45, 2.75) is 65.2 Å². The summed E-state index contributed by atoms with van der Waals surface area (Å²) in [6, 6.07) is 12.1. The van der Waals surface area contributed by atoms with Crippen molar-refractivity contribution in [1.29, 1.82) is 5.26 Å². The Labute approximate surface area is 185 Å². The second kappa shape index (κ2) is 14.0. The molecule has 0 spiro atoms. The van der Waals surface area contributed by atoms with Gasteiger partial charge in [-0.1, -0.05) is 82.7 Å². The van der Waals surface area contributed by atoms with Gasteiger partial charge in [0, 0.05) is 10.9 Å². The van der Waals surface area contributed by atoms with Crippen LogP contribution in [0.4, 0.5) is 0 Å². The number of benzene rings is 1. The van der Waals surface area contributed by atoms with Crippen LogP contribution in [0.3, 0.4) is 0 Å². The van der Waals surface area contributed by atoms with Gasteiger partial charge in [-0.25, -0.2) is 4.98 Å². The van der Waals surface area contributed by atoms with Crippen LogP contribution < -0.4 is 0 Å². The van der Waals surface area contributed by atoms with Crippen LogP contribution in [0.25, 0.3) is 16.8 Å². The highest BCUT2D eigenvalue weighted by molar-refractivity contribution is 7.11. The lowest BCUT2D eigenvalue weighted by Gasteiger charge is -2.22. The topological polar surface area (TPSA) is 60.1 Å². The summed E-state index contributed by atoms with van der Waals surface area (Å²) in [6.45, 7) is 6.77. The van der Waals surface area contributed by atoms with E-state index in [1.807, 2.05) is 35.7 Å². The number of unbranched alkanes of at least 4 members (excludes halogenated alkanes) is 6. The Morgan fingerprint density at radius 3 is 2.20 bits per heavy atom. The second-order valence-electron chi connectivity index (χ2n) is 7.73. The maximum absolute atomic E-state index is 10.8. The van der Waals surface area contributed by atoms with Crippen molar-refractivity contribution in [2.24, 2.45) is 0 Å². The molecule has 0 aliphatic heterocycles. The minimum absolute atomic E-state index is 0.137. The Morgan fingerprint density at radius 1 is 1.00 bits per heavy atom. The molecule has 0 amide bonds. The van der Waals surface area contributed by atoms with Crippen molar-refractivity contribution in [3.8, 4) is 17.3 Å². The minimum atomic E-state index is 0.137. The zero-order valence-corrected chi connectivity index (χ0v) is 19.3. The van der Waals surface area contributed by atoms with Crippen LogP contribution in [0, 0.1) is 11.3 Å². The molecule has 0 saturated heterocycles. The molecule has 4 nitrogen and oxygen atoms in total. The normalized spacial score (nSPS) is 12.1. The van der Waals surface area contributed by atoms with Gasteiger partial charge in [0.05, 0.1) is 12.2 Å². The molecular formula is C25H35N3OS. The summed E-state index contributed by atoms with van der Waals surface area (Å²) in [5.74, 6) is 0.137. The van der Waals surface area contributed by atoms with Gasteiger partial charge in [-0.15, -0.1) is 11.3 Å². The van der Waals surface area contributed by atoms with Crippen molar-refractivity contribution in [3.05, 3.63) is 46.5 Å². The molecule has 1 heterocycles. The molecule has 0 unspecified atom stereocenters. The zero-order chi connectivity index (χ0) is 21.6. The molecule has 0 fully saturated rings. The highest BCUT2D eigenvalue weighted by Gasteiger charge is 2.16. The van der Waals surface area contributed by atoms with E-state index in [0.717, 1.165) is 37.2 Å². The molecule has 2 rings (SSSR count). The van der Waals surface area contributed by atoms with E-state index in [4.69, 9.17) is 0 Å². The Hall–Kier alpha value is -2.16. The van der Waals surface area contributed by atoms with E-state index in [1.165, 1.54) is 49.9 Å². The highest BCUT2D eigenvalue weighted by Crippen LogP contribution is 2.27. The predicted octanol–water partition coefficient (Wildman–Crippen LogP) is 7.07. The van der Waals surface area contributed by atoms with Gasteiger partial charge < -0.3 is 5.11 Å². The van der Waals surface area contributed by atoms with Crippen LogP contribution in [0.5, 0.6) is 0 Å². The van der Waals surface area contributed by atoms with Crippen molar-refractivity contribution in [1.82, 2.24) is 9.88 Å². The average molecular weight is 426 g/mol. The first-order valence-corrected chi connectivity index (χ1v) is 12.1. The maximum atomic E-state index is 10.8. The molecule has 5 heteroatoms. The summed E-state index contributed by atoms with van der Waals surface area (Å²) < 4.78 is 0. The first kappa shape index (κ1) is 24.1. The molecule has 30 heavy (non-hydrogen) atoms. The quantitative estimate of drug-likeness (QED) is 0.200. The SMILES string of the molecule is CCCCCCN(CCCCCC)C/C(O)=C(\C#N)c1nc(-c2ccccc2)cs1. The number of aromatic nitrogens is 1. The van der Waals surface area contributed by atoms with Crippen molar-refractivity contribution >= 4 is 16.9 Å². The molecule has 162 valence electrons. The molecule has 0 saturated carbocycles. The fraction of sp³-hybridized carbons (Fsp3) is 0.520. The lowest BCUT2D eigenvalue weighted by molar-refractivity contribution is 0.241. The zero-order valence-electron chi connectivity index (χ0n) is 18.4. The van der Waals surface area contributed by atoms with Crippen LogP contribution in [-0.4, -0.2) is 34.6 Å². The van der Waals surface area contributed by atoms with Crippen LogP contribution in [0.2, 0.25) is 0 Å². The number of nitriles is 1. The molecule has 0 bridgehead atoms. The molecule has 1 N–H and O–H groups in total. The molecule has 1 aromatic carbocycles. The summed E-state index contributed by atoms with van der Waals surface area (Å²) in [7, 11) is 0. The Bertz CT molecular complexity index is 795. The molecule has 0 aliphatic rings. The lowest BCUT2D eigenvalue weighted by atomic mass is 10.1. The van der Waals surface area contributed by atoms with E-state index >= 15 is 0 Å². The number of thiazole rings is 1. The fourth-order valence-corrected chi connectivity index (χ4v) is 4.30. The number of rotatable bonds is 14. The Balaban J connectivity index is 2.09. The molecule has 0 aliphatic carbocycles. The van der Waals surface area contributed by atoms with Gasteiger partial charge in [-0.05, 0) is 25.9 Å². The minimum Gasteiger partial charge on any atom is -0.509 e. The summed E-state index contributed by atoms with van der Waals surface area (Å²) in [4.78, 5) is 6.91. The van der Waals surface area contributed by atoms with Crippen LogP contribution in [-0.2, 0) is 0 Å². The molecule has 2 aromatic rings. The van der Waals surface area contributed by atoms with Crippen LogP contribution in [0.1, 0.15) is 70.2 Å².